The second-order valence-corrected chi connectivity index (χ2v) is 12.3. The molecule has 2 fully saturated rings. The Kier molecular flexibility index (Phi) is 8.35. The van der Waals surface area contributed by atoms with Crippen molar-refractivity contribution in [2.45, 2.75) is 30.7 Å². The van der Waals surface area contributed by atoms with Crippen molar-refractivity contribution < 1.29 is 17.9 Å². The van der Waals surface area contributed by atoms with E-state index in [2.05, 4.69) is 53.4 Å². The lowest BCUT2D eigenvalue weighted by Gasteiger charge is -2.41. The van der Waals surface area contributed by atoms with Crippen LogP contribution in [0.25, 0.3) is 0 Å². The van der Waals surface area contributed by atoms with Gasteiger partial charge in [0, 0.05) is 45.2 Å². The fourth-order valence-electron chi connectivity index (χ4n) is 5.81. The van der Waals surface area contributed by atoms with Gasteiger partial charge in [-0.3, -0.25) is 9.69 Å². The van der Waals surface area contributed by atoms with Gasteiger partial charge in [-0.25, -0.2) is 8.42 Å². The predicted molar refractivity (Wildman–Crippen MR) is 152 cm³/mol. The maximum Gasteiger partial charge on any atom is 0.246 e. The Morgan fingerprint density at radius 1 is 0.821 bits per heavy atom. The van der Waals surface area contributed by atoms with E-state index in [0.717, 1.165) is 18.7 Å². The maximum atomic E-state index is 13.5. The molecular weight excluding hydrogens is 510 g/mol. The third-order valence-corrected chi connectivity index (χ3v) is 9.88. The van der Waals surface area contributed by atoms with Crippen LogP contribution in [0.1, 0.15) is 35.6 Å². The van der Waals surface area contributed by atoms with Crippen molar-refractivity contribution in [1.29, 1.82) is 0 Å². The van der Waals surface area contributed by atoms with Crippen LogP contribution in [0.4, 0.5) is 0 Å². The number of carbonyl (C=O) groups is 1. The fraction of sp³-hybridized carbons (Fsp3) is 0.387. The van der Waals surface area contributed by atoms with Crippen molar-refractivity contribution in [3.63, 3.8) is 0 Å². The number of benzene rings is 3. The summed E-state index contributed by atoms with van der Waals surface area (Å²) in [4.78, 5) is 18.1. The van der Waals surface area contributed by atoms with Crippen molar-refractivity contribution in [2.24, 2.45) is 5.92 Å². The summed E-state index contributed by atoms with van der Waals surface area (Å²) in [6, 6.07) is 26.4. The average Bonchev–Trinajstić information content (AvgIpc) is 2.98. The predicted octanol–water partition coefficient (Wildman–Crippen LogP) is 4.34. The lowest BCUT2D eigenvalue weighted by molar-refractivity contribution is -0.138. The van der Waals surface area contributed by atoms with Gasteiger partial charge < -0.3 is 9.64 Å². The monoisotopic (exact) mass is 547 g/mol. The molecule has 5 rings (SSSR count). The molecule has 0 atom stereocenters. The van der Waals surface area contributed by atoms with E-state index >= 15 is 0 Å². The van der Waals surface area contributed by atoms with Crippen molar-refractivity contribution in [1.82, 2.24) is 14.1 Å². The Morgan fingerprint density at radius 2 is 1.38 bits per heavy atom. The molecule has 0 bridgehead atoms. The van der Waals surface area contributed by atoms with Gasteiger partial charge in [0.2, 0.25) is 15.9 Å². The zero-order valence-electron chi connectivity index (χ0n) is 22.7. The average molecular weight is 548 g/mol. The number of aryl methyl sites for hydroxylation is 1. The van der Waals surface area contributed by atoms with E-state index < -0.39 is 10.0 Å². The summed E-state index contributed by atoms with van der Waals surface area (Å²) < 4.78 is 33.6. The Balaban J connectivity index is 1.21. The highest BCUT2D eigenvalue weighted by molar-refractivity contribution is 7.89. The van der Waals surface area contributed by atoms with Gasteiger partial charge in [0.05, 0.1) is 13.2 Å². The zero-order valence-corrected chi connectivity index (χ0v) is 23.5. The lowest BCUT2D eigenvalue weighted by Crippen LogP contribution is -2.52. The molecule has 2 saturated heterocycles. The van der Waals surface area contributed by atoms with Gasteiger partial charge in [0.25, 0.3) is 0 Å². The standard InChI is InChI=1S/C31H37N3O4S/c1-24-13-14-28(38-2)29(23-24)39(36,37)34-17-15-27(16-18-34)31(35)33-21-19-32(20-22-33)30(25-9-5-3-6-10-25)26-11-7-4-8-12-26/h3-14,23,27,30H,15-22H2,1-2H3. The second kappa shape index (κ2) is 11.9. The van der Waals surface area contributed by atoms with E-state index in [1.807, 2.05) is 30.0 Å². The third-order valence-electron chi connectivity index (χ3n) is 7.96. The van der Waals surface area contributed by atoms with Crippen LogP contribution in [0.2, 0.25) is 0 Å². The van der Waals surface area contributed by atoms with Crippen LogP contribution >= 0.6 is 0 Å². The van der Waals surface area contributed by atoms with Gasteiger partial charge in [0.15, 0.2) is 0 Å². The summed E-state index contributed by atoms with van der Waals surface area (Å²) in [5.74, 6) is 0.346. The Morgan fingerprint density at radius 3 is 1.92 bits per heavy atom. The van der Waals surface area contributed by atoms with Gasteiger partial charge in [-0.2, -0.15) is 4.31 Å². The minimum absolute atomic E-state index is 0.149. The number of sulfonamides is 1. The molecule has 0 aromatic heterocycles. The quantitative estimate of drug-likeness (QED) is 0.440. The van der Waals surface area contributed by atoms with Crippen LogP contribution in [0.5, 0.6) is 5.75 Å². The summed E-state index contributed by atoms with van der Waals surface area (Å²) in [6.07, 6.45) is 1.06. The van der Waals surface area contributed by atoms with Crippen LogP contribution in [0.3, 0.4) is 0 Å². The number of nitrogens with zero attached hydrogens (tertiary/aromatic N) is 3. The number of methoxy groups -OCH3 is 1. The molecule has 206 valence electrons. The fourth-order valence-corrected chi connectivity index (χ4v) is 7.52. The van der Waals surface area contributed by atoms with Gasteiger partial charge in [-0.1, -0.05) is 66.7 Å². The minimum Gasteiger partial charge on any atom is -0.495 e. The van der Waals surface area contributed by atoms with E-state index in [1.165, 1.54) is 22.5 Å². The second-order valence-electron chi connectivity index (χ2n) is 10.4. The molecule has 2 aliphatic rings. The van der Waals surface area contributed by atoms with E-state index in [4.69, 9.17) is 4.74 Å². The van der Waals surface area contributed by atoms with E-state index in [0.29, 0.717) is 44.8 Å². The summed E-state index contributed by atoms with van der Waals surface area (Å²) >= 11 is 0. The molecule has 0 saturated carbocycles. The molecule has 3 aromatic rings. The van der Waals surface area contributed by atoms with E-state index in [9.17, 15) is 13.2 Å². The number of hydrogen-bond donors (Lipinski definition) is 0. The molecule has 7 nitrogen and oxygen atoms in total. The molecule has 8 heteroatoms. The molecule has 0 aliphatic carbocycles. The van der Waals surface area contributed by atoms with Crippen LogP contribution in [0, 0.1) is 12.8 Å². The molecule has 39 heavy (non-hydrogen) atoms. The minimum atomic E-state index is -3.69. The highest BCUT2D eigenvalue weighted by Gasteiger charge is 2.36. The Labute approximate surface area is 232 Å². The first-order chi connectivity index (χ1) is 18.9. The van der Waals surface area contributed by atoms with Crippen LogP contribution < -0.4 is 4.74 Å². The summed E-state index contributed by atoms with van der Waals surface area (Å²) in [7, 11) is -2.21. The number of piperidine rings is 1. The SMILES string of the molecule is COc1ccc(C)cc1S(=O)(=O)N1CCC(C(=O)N2CCN(C(c3ccccc3)c3ccccc3)CC2)CC1. The van der Waals surface area contributed by atoms with Crippen LogP contribution in [-0.2, 0) is 14.8 Å². The van der Waals surface area contributed by atoms with Crippen LogP contribution in [-0.4, -0.2) is 74.8 Å². The zero-order chi connectivity index (χ0) is 27.4. The van der Waals surface area contributed by atoms with Gasteiger partial charge in [-0.05, 0) is 48.6 Å². The van der Waals surface area contributed by atoms with Gasteiger partial charge >= 0.3 is 0 Å². The molecule has 0 unspecified atom stereocenters. The normalized spacial score (nSPS) is 17.9. The van der Waals surface area contributed by atoms with Crippen molar-refractivity contribution in [2.75, 3.05) is 46.4 Å². The van der Waals surface area contributed by atoms with Crippen molar-refractivity contribution >= 4 is 15.9 Å². The highest BCUT2D eigenvalue weighted by Crippen LogP contribution is 2.32. The summed E-state index contributed by atoms with van der Waals surface area (Å²) in [5, 5.41) is 0. The van der Waals surface area contributed by atoms with E-state index in [-0.39, 0.29) is 22.8 Å². The van der Waals surface area contributed by atoms with Crippen LogP contribution in [0.15, 0.2) is 83.8 Å². The van der Waals surface area contributed by atoms with E-state index in [1.54, 1.807) is 12.1 Å². The van der Waals surface area contributed by atoms with Gasteiger partial charge in [0.1, 0.15) is 10.6 Å². The topological polar surface area (TPSA) is 70.2 Å². The molecule has 2 heterocycles. The number of piperazine rings is 1. The number of hydrogen-bond acceptors (Lipinski definition) is 5. The lowest BCUT2D eigenvalue weighted by atomic mass is 9.95. The van der Waals surface area contributed by atoms with Gasteiger partial charge in [-0.15, -0.1) is 0 Å². The summed E-state index contributed by atoms with van der Waals surface area (Å²) in [5.41, 5.74) is 3.37. The number of carbonyl (C=O) groups excluding carboxylic acids is 1. The van der Waals surface area contributed by atoms with Crippen molar-refractivity contribution in [3.05, 3.63) is 95.6 Å². The smallest absolute Gasteiger partial charge is 0.246 e. The third kappa shape index (κ3) is 5.88. The molecule has 2 aliphatic heterocycles. The molecular formula is C31H37N3O4S. The highest BCUT2D eigenvalue weighted by atomic mass is 32.2. The first kappa shape index (κ1) is 27.4. The summed E-state index contributed by atoms with van der Waals surface area (Å²) in [6.45, 7) is 5.47. The molecule has 1 amide bonds. The molecule has 0 N–H and O–H groups in total. The van der Waals surface area contributed by atoms with Crippen molar-refractivity contribution in [3.8, 4) is 5.75 Å². The first-order valence-electron chi connectivity index (χ1n) is 13.7. The Bertz CT molecular complexity index is 1330. The number of amides is 1. The molecule has 0 radical (unpaired) electrons. The maximum absolute atomic E-state index is 13.5. The Hall–Kier alpha value is -3.20. The first-order valence-corrected chi connectivity index (χ1v) is 15.1. The number of ether oxygens (including phenoxy) is 1. The number of rotatable bonds is 7. The largest absolute Gasteiger partial charge is 0.495 e. The molecule has 3 aromatic carbocycles. The molecule has 0 spiro atoms.